The molecule has 0 aliphatic rings. The second-order valence-corrected chi connectivity index (χ2v) is 5.95. The fourth-order valence-corrected chi connectivity index (χ4v) is 3.07. The lowest BCUT2D eigenvalue weighted by molar-refractivity contribution is -0.142. The monoisotopic (exact) mass is 329 g/mol. The molecule has 0 saturated carbocycles. The highest BCUT2D eigenvalue weighted by molar-refractivity contribution is 7.17. The molecule has 1 amide bonds. The van der Waals surface area contributed by atoms with Gasteiger partial charge in [0.05, 0.1) is 13.4 Å². The summed E-state index contributed by atoms with van der Waals surface area (Å²) in [6, 6.07) is 6.65. The summed E-state index contributed by atoms with van der Waals surface area (Å²) >= 11 is 1.62. The topological polar surface area (TPSA) is 84.1 Å². The highest BCUT2D eigenvalue weighted by Crippen LogP contribution is 2.21. The molecular formula is C16H15N3O3S. The van der Waals surface area contributed by atoms with Gasteiger partial charge in [-0.05, 0) is 35.0 Å². The number of ether oxygens (including phenoxy) is 1. The lowest BCUT2D eigenvalue weighted by atomic mass is 10.1. The van der Waals surface area contributed by atoms with Crippen LogP contribution < -0.4 is 5.32 Å². The Labute approximate surface area is 136 Å². The Morgan fingerprint density at radius 3 is 3.00 bits per heavy atom. The number of carbonyl (C=O) groups excluding carboxylic acids is 2. The zero-order valence-electron chi connectivity index (χ0n) is 12.4. The normalized spacial score (nSPS) is 12.0. The van der Waals surface area contributed by atoms with E-state index in [1.165, 1.54) is 13.4 Å². The maximum atomic E-state index is 12.4. The molecule has 0 saturated heterocycles. The minimum Gasteiger partial charge on any atom is -0.467 e. The van der Waals surface area contributed by atoms with Gasteiger partial charge in [0, 0.05) is 28.6 Å². The maximum absolute atomic E-state index is 12.4. The summed E-state index contributed by atoms with van der Waals surface area (Å²) in [6.07, 6.45) is 3.43. The summed E-state index contributed by atoms with van der Waals surface area (Å²) < 4.78 is 5.88. The number of rotatable bonds is 5. The van der Waals surface area contributed by atoms with Gasteiger partial charge in [-0.1, -0.05) is 0 Å². The van der Waals surface area contributed by atoms with E-state index in [1.54, 1.807) is 23.6 Å². The molecule has 0 unspecified atom stereocenters. The quantitative estimate of drug-likeness (QED) is 0.703. The lowest BCUT2D eigenvalue weighted by Crippen LogP contribution is -2.43. The first-order valence-electron chi connectivity index (χ1n) is 7.00. The van der Waals surface area contributed by atoms with Crippen LogP contribution in [-0.4, -0.2) is 35.0 Å². The van der Waals surface area contributed by atoms with Crippen molar-refractivity contribution in [2.75, 3.05) is 7.11 Å². The van der Waals surface area contributed by atoms with Gasteiger partial charge in [-0.15, -0.1) is 11.3 Å². The van der Waals surface area contributed by atoms with Crippen LogP contribution in [0.15, 0.2) is 42.2 Å². The van der Waals surface area contributed by atoms with E-state index >= 15 is 0 Å². The second-order valence-electron chi connectivity index (χ2n) is 5.00. The molecule has 2 heterocycles. The van der Waals surface area contributed by atoms with E-state index in [9.17, 15) is 9.59 Å². The molecule has 23 heavy (non-hydrogen) atoms. The summed E-state index contributed by atoms with van der Waals surface area (Å²) in [6.45, 7) is 0. The van der Waals surface area contributed by atoms with Crippen LogP contribution in [-0.2, 0) is 16.0 Å². The molecule has 2 aromatic heterocycles. The number of hydrogen-bond acceptors (Lipinski definition) is 5. The van der Waals surface area contributed by atoms with Gasteiger partial charge in [0.1, 0.15) is 6.04 Å². The van der Waals surface area contributed by atoms with Gasteiger partial charge in [0.25, 0.3) is 5.91 Å². The molecule has 1 aromatic carbocycles. The van der Waals surface area contributed by atoms with E-state index in [-0.39, 0.29) is 5.91 Å². The number of fused-ring (bicyclic) bond motifs is 1. The van der Waals surface area contributed by atoms with Crippen LogP contribution in [0.5, 0.6) is 0 Å². The Bertz CT molecular complexity index is 826. The third-order valence-electron chi connectivity index (χ3n) is 3.48. The number of nitrogens with one attached hydrogen (secondary N) is 2. The van der Waals surface area contributed by atoms with Crippen molar-refractivity contribution in [3.05, 3.63) is 53.4 Å². The minimum absolute atomic E-state index is 0.291. The summed E-state index contributed by atoms with van der Waals surface area (Å²) in [5.41, 5.74) is 1.25. The predicted molar refractivity (Wildman–Crippen MR) is 87.4 cm³/mol. The highest BCUT2D eigenvalue weighted by atomic mass is 32.1. The van der Waals surface area contributed by atoms with Crippen LogP contribution in [0.25, 0.3) is 10.1 Å². The number of carbonyl (C=O) groups is 2. The minimum atomic E-state index is -0.772. The number of hydrogen-bond donors (Lipinski definition) is 2. The van der Waals surface area contributed by atoms with Gasteiger partial charge in [-0.2, -0.15) is 0 Å². The molecule has 0 aliphatic heterocycles. The van der Waals surface area contributed by atoms with E-state index < -0.39 is 12.0 Å². The molecule has 118 valence electrons. The molecule has 1 atom stereocenters. The van der Waals surface area contributed by atoms with Gasteiger partial charge in [0.2, 0.25) is 0 Å². The van der Waals surface area contributed by atoms with Crippen molar-refractivity contribution in [1.29, 1.82) is 0 Å². The molecule has 7 heteroatoms. The number of thiophene rings is 1. The average Bonchev–Trinajstić information content (AvgIpc) is 3.23. The zero-order chi connectivity index (χ0) is 16.2. The molecule has 3 aromatic rings. The SMILES string of the molecule is COC(=O)[C@H](Cc1cnc[nH]1)NC(=O)c1ccc2sccc2c1. The predicted octanol–water partition coefficient (Wildman–Crippen LogP) is 2.14. The van der Waals surface area contributed by atoms with Crippen molar-refractivity contribution < 1.29 is 14.3 Å². The standard InChI is InChI=1S/C16H15N3O3S/c1-22-16(21)13(7-12-8-17-9-18-12)19-15(20)11-2-3-14-10(6-11)4-5-23-14/h2-6,8-9,13H,7H2,1H3,(H,17,18)(H,19,20)/t13-/m0/s1. The van der Waals surface area contributed by atoms with Crippen LogP contribution >= 0.6 is 11.3 Å². The number of methoxy groups -OCH3 is 1. The Kier molecular flexibility index (Phi) is 4.38. The maximum Gasteiger partial charge on any atom is 0.328 e. The number of esters is 1. The third kappa shape index (κ3) is 3.40. The van der Waals surface area contributed by atoms with Crippen molar-refractivity contribution in [3.63, 3.8) is 0 Å². The van der Waals surface area contributed by atoms with E-state index in [2.05, 4.69) is 15.3 Å². The molecule has 2 N–H and O–H groups in total. The lowest BCUT2D eigenvalue weighted by Gasteiger charge is -2.15. The number of aromatic amines is 1. The third-order valence-corrected chi connectivity index (χ3v) is 4.38. The fourth-order valence-electron chi connectivity index (χ4n) is 2.30. The molecule has 0 spiro atoms. The number of amides is 1. The van der Waals surface area contributed by atoms with Gasteiger partial charge in [-0.25, -0.2) is 9.78 Å². The Morgan fingerprint density at radius 1 is 1.39 bits per heavy atom. The van der Waals surface area contributed by atoms with Crippen LogP contribution in [0.1, 0.15) is 16.1 Å². The van der Waals surface area contributed by atoms with E-state index in [0.29, 0.717) is 12.0 Å². The largest absolute Gasteiger partial charge is 0.467 e. The zero-order valence-corrected chi connectivity index (χ0v) is 13.2. The number of H-pyrrole nitrogens is 1. The van der Waals surface area contributed by atoms with Crippen molar-refractivity contribution in [2.24, 2.45) is 0 Å². The highest BCUT2D eigenvalue weighted by Gasteiger charge is 2.23. The smallest absolute Gasteiger partial charge is 0.328 e. The van der Waals surface area contributed by atoms with Crippen molar-refractivity contribution in [2.45, 2.75) is 12.5 Å². The van der Waals surface area contributed by atoms with Gasteiger partial charge >= 0.3 is 5.97 Å². The first-order chi connectivity index (χ1) is 11.2. The Balaban J connectivity index is 1.77. The second kappa shape index (κ2) is 6.62. The summed E-state index contributed by atoms with van der Waals surface area (Å²) in [7, 11) is 1.30. The van der Waals surface area contributed by atoms with E-state index in [4.69, 9.17) is 4.74 Å². The average molecular weight is 329 g/mol. The number of imidazole rings is 1. The van der Waals surface area contributed by atoms with E-state index in [1.807, 2.05) is 23.6 Å². The van der Waals surface area contributed by atoms with Crippen molar-refractivity contribution in [1.82, 2.24) is 15.3 Å². The van der Waals surface area contributed by atoms with Crippen LogP contribution in [0.3, 0.4) is 0 Å². The molecule has 0 bridgehead atoms. The van der Waals surface area contributed by atoms with Crippen molar-refractivity contribution in [3.8, 4) is 0 Å². The molecule has 0 fully saturated rings. The van der Waals surface area contributed by atoms with Crippen LogP contribution in [0.4, 0.5) is 0 Å². The van der Waals surface area contributed by atoms with Gasteiger partial charge in [0.15, 0.2) is 0 Å². The van der Waals surface area contributed by atoms with Gasteiger partial charge < -0.3 is 15.0 Å². The van der Waals surface area contributed by atoms with Crippen LogP contribution in [0, 0.1) is 0 Å². The number of nitrogens with zero attached hydrogens (tertiary/aromatic N) is 1. The molecule has 0 aliphatic carbocycles. The Morgan fingerprint density at radius 2 is 2.26 bits per heavy atom. The first-order valence-corrected chi connectivity index (χ1v) is 7.88. The number of aromatic nitrogens is 2. The van der Waals surface area contributed by atoms with Crippen molar-refractivity contribution >= 4 is 33.3 Å². The summed E-state index contributed by atoms with van der Waals surface area (Å²) in [5, 5.41) is 5.70. The number of benzene rings is 1. The molecule has 3 rings (SSSR count). The molecule has 0 radical (unpaired) electrons. The van der Waals surface area contributed by atoms with Crippen LogP contribution in [0.2, 0.25) is 0 Å². The molecular weight excluding hydrogens is 314 g/mol. The van der Waals surface area contributed by atoms with Gasteiger partial charge in [-0.3, -0.25) is 4.79 Å². The Hall–Kier alpha value is -2.67. The summed E-state index contributed by atoms with van der Waals surface area (Å²) in [5.74, 6) is -0.808. The first kappa shape index (κ1) is 15.2. The van der Waals surface area contributed by atoms with E-state index in [0.717, 1.165) is 15.8 Å². The summed E-state index contributed by atoms with van der Waals surface area (Å²) in [4.78, 5) is 31.2. The fraction of sp³-hybridized carbons (Fsp3) is 0.188. The molecule has 6 nitrogen and oxygen atoms in total.